The van der Waals surface area contributed by atoms with Gasteiger partial charge in [0.05, 0.1) is 18.6 Å². The van der Waals surface area contributed by atoms with Gasteiger partial charge in [-0.1, -0.05) is 39.8 Å². The maximum Gasteiger partial charge on any atom is 0.310 e. The van der Waals surface area contributed by atoms with E-state index in [2.05, 4.69) is 21.2 Å². The first-order valence-electron chi connectivity index (χ1n) is 8.81. The van der Waals surface area contributed by atoms with Crippen LogP contribution in [0.3, 0.4) is 0 Å². The van der Waals surface area contributed by atoms with Crippen LogP contribution in [0.2, 0.25) is 0 Å². The second-order valence-corrected chi connectivity index (χ2v) is 5.43. The summed E-state index contributed by atoms with van der Waals surface area (Å²) in [5.41, 5.74) is 1.95. The number of carbonyl (C=O) groups excluding carboxylic acids is 2. The maximum absolute atomic E-state index is 12.1. The van der Waals surface area contributed by atoms with Crippen molar-refractivity contribution in [2.45, 2.75) is 48.0 Å². The summed E-state index contributed by atoms with van der Waals surface area (Å²) in [4.78, 5) is 23.5. The van der Waals surface area contributed by atoms with Crippen LogP contribution < -0.4 is 5.32 Å². The molecule has 1 heterocycles. The molecule has 1 aromatic heterocycles. The number of nitrogens with one attached hydrogen (secondary N) is 1. The molecule has 0 atom stereocenters. The molecule has 0 bridgehead atoms. The van der Waals surface area contributed by atoms with Crippen LogP contribution >= 0.6 is 15.9 Å². The molecule has 0 aliphatic rings. The average molecular weight is 426 g/mol. The van der Waals surface area contributed by atoms with Gasteiger partial charge in [0, 0.05) is 11.8 Å². The van der Waals surface area contributed by atoms with Gasteiger partial charge < -0.3 is 14.5 Å². The SMILES string of the molecule is CC.CC.CCOC(=O)Cc1ccc(NC(=O)c2cc(Br)oc2C)cc1. The zero-order chi connectivity index (χ0) is 20.1. The first-order chi connectivity index (χ1) is 12.5. The highest BCUT2D eigenvalue weighted by atomic mass is 79.9. The molecule has 1 amide bonds. The number of esters is 1. The highest BCUT2D eigenvalue weighted by Gasteiger charge is 2.14. The summed E-state index contributed by atoms with van der Waals surface area (Å²) in [6, 6.07) is 8.68. The van der Waals surface area contributed by atoms with Gasteiger partial charge in [0.25, 0.3) is 5.91 Å². The Balaban J connectivity index is 0.00000146. The minimum atomic E-state index is -0.266. The van der Waals surface area contributed by atoms with Gasteiger partial charge in [0.2, 0.25) is 0 Å². The van der Waals surface area contributed by atoms with Crippen molar-refractivity contribution in [3.8, 4) is 0 Å². The van der Waals surface area contributed by atoms with Crippen molar-refractivity contribution in [3.05, 3.63) is 51.9 Å². The van der Waals surface area contributed by atoms with Crippen molar-refractivity contribution in [1.82, 2.24) is 0 Å². The zero-order valence-corrected chi connectivity index (χ0v) is 17.9. The molecular formula is C20H28BrNO4. The molecule has 0 saturated heterocycles. The van der Waals surface area contributed by atoms with E-state index in [4.69, 9.17) is 9.15 Å². The smallest absolute Gasteiger partial charge is 0.310 e. The molecule has 0 spiro atoms. The molecule has 0 unspecified atom stereocenters. The van der Waals surface area contributed by atoms with Crippen LogP contribution in [0, 0.1) is 6.92 Å². The molecule has 144 valence electrons. The number of aryl methyl sites for hydroxylation is 1. The number of anilines is 1. The fourth-order valence-electron chi connectivity index (χ4n) is 1.95. The Bertz CT molecular complexity index is 678. The molecule has 0 radical (unpaired) electrons. The van der Waals surface area contributed by atoms with E-state index in [1.807, 2.05) is 27.7 Å². The van der Waals surface area contributed by atoms with Crippen LogP contribution in [0.4, 0.5) is 5.69 Å². The molecular weight excluding hydrogens is 398 g/mol. The Labute approximate surface area is 164 Å². The predicted octanol–water partition coefficient (Wildman–Crippen LogP) is 5.76. The number of ether oxygens (including phenoxy) is 1. The van der Waals surface area contributed by atoms with Crippen LogP contribution in [0.5, 0.6) is 0 Å². The van der Waals surface area contributed by atoms with Crippen molar-refractivity contribution in [1.29, 1.82) is 0 Å². The number of furan rings is 1. The van der Waals surface area contributed by atoms with Crippen molar-refractivity contribution in [2.24, 2.45) is 0 Å². The lowest BCUT2D eigenvalue weighted by Gasteiger charge is -2.06. The van der Waals surface area contributed by atoms with Crippen molar-refractivity contribution < 1.29 is 18.7 Å². The van der Waals surface area contributed by atoms with Gasteiger partial charge in [-0.3, -0.25) is 9.59 Å². The largest absolute Gasteiger partial charge is 0.466 e. The third kappa shape index (κ3) is 7.87. The summed E-state index contributed by atoms with van der Waals surface area (Å²) in [5, 5.41) is 2.78. The molecule has 0 aliphatic heterocycles. The lowest BCUT2D eigenvalue weighted by molar-refractivity contribution is -0.142. The van der Waals surface area contributed by atoms with Crippen molar-refractivity contribution >= 4 is 33.5 Å². The number of rotatable bonds is 5. The van der Waals surface area contributed by atoms with Crippen molar-refractivity contribution in [2.75, 3.05) is 11.9 Å². The number of halogens is 1. The summed E-state index contributed by atoms with van der Waals surface area (Å²) in [5.74, 6) is 0.0338. The molecule has 26 heavy (non-hydrogen) atoms. The molecule has 0 aliphatic carbocycles. The third-order valence-electron chi connectivity index (χ3n) is 3.00. The summed E-state index contributed by atoms with van der Waals surface area (Å²) >= 11 is 3.19. The maximum atomic E-state index is 12.1. The first-order valence-corrected chi connectivity index (χ1v) is 9.60. The molecule has 1 aromatic carbocycles. The highest BCUT2D eigenvalue weighted by molar-refractivity contribution is 9.10. The van der Waals surface area contributed by atoms with Crippen LogP contribution in [-0.4, -0.2) is 18.5 Å². The van der Waals surface area contributed by atoms with Gasteiger partial charge >= 0.3 is 5.97 Å². The van der Waals surface area contributed by atoms with E-state index >= 15 is 0 Å². The molecule has 0 saturated carbocycles. The standard InChI is InChI=1S/C16H16BrNO4.2C2H6/c1-3-21-15(19)8-11-4-6-12(7-5-11)18-16(20)13-9-14(17)22-10(13)2;2*1-2/h4-7,9H,3,8H2,1-2H3,(H,18,20);2*1-2H3. The normalized spacial score (nSPS) is 9.19. The molecule has 5 nitrogen and oxygen atoms in total. The lowest BCUT2D eigenvalue weighted by Crippen LogP contribution is -2.12. The van der Waals surface area contributed by atoms with E-state index < -0.39 is 0 Å². The lowest BCUT2D eigenvalue weighted by atomic mass is 10.1. The number of hydrogen-bond acceptors (Lipinski definition) is 4. The quantitative estimate of drug-likeness (QED) is 0.617. The predicted molar refractivity (Wildman–Crippen MR) is 109 cm³/mol. The topological polar surface area (TPSA) is 68.5 Å². The summed E-state index contributed by atoms with van der Waals surface area (Å²) in [6.45, 7) is 11.9. The minimum absolute atomic E-state index is 0.218. The van der Waals surface area contributed by atoms with Gasteiger partial charge in [0.15, 0.2) is 4.67 Å². The van der Waals surface area contributed by atoms with Gasteiger partial charge in [-0.05, 0) is 47.5 Å². The average Bonchev–Trinajstić information content (AvgIpc) is 2.99. The van der Waals surface area contributed by atoms with Crippen LogP contribution in [0.15, 0.2) is 39.4 Å². The number of hydrogen-bond donors (Lipinski definition) is 1. The number of carbonyl (C=O) groups is 2. The molecule has 1 N–H and O–H groups in total. The van der Waals surface area contributed by atoms with Crippen LogP contribution in [0.25, 0.3) is 0 Å². The summed E-state index contributed by atoms with van der Waals surface area (Å²) in [6.07, 6.45) is 0.218. The Morgan fingerprint density at radius 1 is 1.12 bits per heavy atom. The van der Waals surface area contributed by atoms with Crippen LogP contribution in [-0.2, 0) is 16.0 Å². The van der Waals surface area contributed by atoms with Gasteiger partial charge in [0.1, 0.15) is 5.76 Å². The zero-order valence-electron chi connectivity index (χ0n) is 16.3. The number of benzene rings is 1. The van der Waals surface area contributed by atoms with Crippen LogP contribution in [0.1, 0.15) is 56.3 Å². The van der Waals surface area contributed by atoms with Crippen molar-refractivity contribution in [3.63, 3.8) is 0 Å². The fraction of sp³-hybridized carbons (Fsp3) is 0.400. The van der Waals surface area contributed by atoms with E-state index in [9.17, 15) is 9.59 Å². The molecule has 2 aromatic rings. The van der Waals surface area contributed by atoms with E-state index in [1.54, 1.807) is 44.2 Å². The Morgan fingerprint density at radius 3 is 2.15 bits per heavy atom. The minimum Gasteiger partial charge on any atom is -0.466 e. The molecule has 0 fully saturated rings. The Morgan fingerprint density at radius 2 is 1.69 bits per heavy atom. The summed E-state index contributed by atoms with van der Waals surface area (Å²) in [7, 11) is 0. The monoisotopic (exact) mass is 425 g/mol. The second kappa shape index (κ2) is 13.2. The van der Waals surface area contributed by atoms with Gasteiger partial charge in [-0.15, -0.1) is 0 Å². The van der Waals surface area contributed by atoms with E-state index in [0.717, 1.165) is 5.56 Å². The van der Waals surface area contributed by atoms with Gasteiger partial charge in [-0.2, -0.15) is 0 Å². The fourth-order valence-corrected chi connectivity index (χ4v) is 2.43. The van der Waals surface area contributed by atoms with Gasteiger partial charge in [-0.25, -0.2) is 0 Å². The first kappa shape index (κ1) is 23.9. The second-order valence-electron chi connectivity index (χ2n) is 4.65. The molecule has 6 heteroatoms. The highest BCUT2D eigenvalue weighted by Crippen LogP contribution is 2.21. The van der Waals surface area contributed by atoms with E-state index in [1.165, 1.54) is 0 Å². The Kier molecular flexibility index (Phi) is 12.1. The van der Waals surface area contributed by atoms with E-state index in [-0.39, 0.29) is 18.3 Å². The van der Waals surface area contributed by atoms with E-state index in [0.29, 0.717) is 28.3 Å². The molecule has 2 rings (SSSR count). The Hall–Kier alpha value is -2.08. The third-order valence-corrected chi connectivity index (χ3v) is 3.39. The summed E-state index contributed by atoms with van der Waals surface area (Å²) < 4.78 is 10.7. The number of amides is 1.